The Bertz CT molecular complexity index is 625. The van der Waals surface area contributed by atoms with Gasteiger partial charge in [-0.2, -0.15) is 0 Å². The molecule has 0 spiro atoms. The Morgan fingerprint density at radius 3 is 2.55 bits per heavy atom. The molecule has 0 radical (unpaired) electrons. The average molecular weight is 328 g/mol. The van der Waals surface area contributed by atoms with Gasteiger partial charge in [0.15, 0.2) is 0 Å². The zero-order valence-electron chi connectivity index (χ0n) is 12.6. The maximum atomic E-state index is 13.5. The van der Waals surface area contributed by atoms with Crippen LogP contribution in [0.5, 0.6) is 0 Å². The molecule has 0 aliphatic carbocycles. The smallest absolute Gasteiger partial charge is 0.223 e. The van der Waals surface area contributed by atoms with Crippen LogP contribution in [0.15, 0.2) is 24.3 Å². The molecule has 5 nitrogen and oxygen atoms in total. The lowest BCUT2D eigenvalue weighted by Gasteiger charge is -2.30. The van der Waals surface area contributed by atoms with Crippen molar-refractivity contribution in [2.24, 2.45) is 5.92 Å². The standard InChI is InChI=1S/C15H21FN2O3S/c1-2-22(20,21)18-9-7-12(8-10-18)15(19)17-11-13-5-3-4-6-14(13)16/h3-6,12H,2,7-11H2,1H3,(H,17,19). The van der Waals surface area contributed by atoms with E-state index in [1.807, 2.05) is 0 Å². The molecule has 0 bridgehead atoms. The van der Waals surface area contributed by atoms with Gasteiger partial charge in [-0.1, -0.05) is 18.2 Å². The lowest BCUT2D eigenvalue weighted by atomic mass is 9.97. The predicted molar refractivity (Wildman–Crippen MR) is 82.0 cm³/mol. The summed E-state index contributed by atoms with van der Waals surface area (Å²) in [5.41, 5.74) is 0.446. The molecular formula is C15H21FN2O3S. The fourth-order valence-electron chi connectivity index (χ4n) is 2.55. The second kappa shape index (κ2) is 7.19. The quantitative estimate of drug-likeness (QED) is 0.891. The number of nitrogens with zero attached hydrogens (tertiary/aromatic N) is 1. The van der Waals surface area contributed by atoms with Crippen LogP contribution in [-0.2, 0) is 21.4 Å². The maximum Gasteiger partial charge on any atom is 0.223 e. The van der Waals surface area contributed by atoms with Crippen molar-refractivity contribution in [3.05, 3.63) is 35.6 Å². The first-order valence-electron chi connectivity index (χ1n) is 7.43. The van der Waals surface area contributed by atoms with E-state index in [1.165, 1.54) is 10.4 Å². The number of sulfonamides is 1. The Hall–Kier alpha value is -1.47. The molecule has 0 unspecified atom stereocenters. The van der Waals surface area contributed by atoms with Gasteiger partial charge in [0.05, 0.1) is 5.75 Å². The third-order valence-corrected chi connectivity index (χ3v) is 5.88. The minimum Gasteiger partial charge on any atom is -0.352 e. The number of benzene rings is 1. The van der Waals surface area contributed by atoms with Crippen LogP contribution in [0.3, 0.4) is 0 Å². The van der Waals surface area contributed by atoms with Gasteiger partial charge in [0, 0.05) is 31.1 Å². The van der Waals surface area contributed by atoms with Crippen LogP contribution in [0, 0.1) is 11.7 Å². The Kier molecular flexibility index (Phi) is 5.52. The van der Waals surface area contributed by atoms with Crippen molar-refractivity contribution in [1.82, 2.24) is 9.62 Å². The third-order valence-electron chi connectivity index (χ3n) is 3.99. The van der Waals surface area contributed by atoms with Gasteiger partial charge in [-0.05, 0) is 25.8 Å². The summed E-state index contributed by atoms with van der Waals surface area (Å²) in [6.45, 7) is 2.50. The molecule has 0 saturated carbocycles. The first-order valence-corrected chi connectivity index (χ1v) is 9.04. The van der Waals surface area contributed by atoms with Crippen LogP contribution < -0.4 is 5.32 Å². The van der Waals surface area contributed by atoms with Crippen LogP contribution in [0.4, 0.5) is 4.39 Å². The second-order valence-electron chi connectivity index (χ2n) is 5.38. The van der Waals surface area contributed by atoms with Gasteiger partial charge in [-0.3, -0.25) is 4.79 Å². The maximum absolute atomic E-state index is 13.5. The number of piperidine rings is 1. The molecule has 2 rings (SSSR count). The van der Waals surface area contributed by atoms with E-state index in [-0.39, 0.29) is 29.9 Å². The molecule has 22 heavy (non-hydrogen) atoms. The summed E-state index contributed by atoms with van der Waals surface area (Å²) < 4.78 is 38.4. The van der Waals surface area contributed by atoms with Gasteiger partial charge in [0.2, 0.25) is 15.9 Å². The fourth-order valence-corrected chi connectivity index (χ4v) is 3.68. The number of rotatable bonds is 5. The predicted octanol–water partition coefficient (Wildman–Crippen LogP) is 1.50. The zero-order valence-corrected chi connectivity index (χ0v) is 13.4. The number of halogens is 1. The van der Waals surface area contributed by atoms with Crippen LogP contribution in [0.25, 0.3) is 0 Å². The molecule has 1 aromatic rings. The lowest BCUT2D eigenvalue weighted by Crippen LogP contribution is -2.43. The van der Waals surface area contributed by atoms with Gasteiger partial charge < -0.3 is 5.32 Å². The first-order chi connectivity index (χ1) is 10.4. The number of nitrogens with one attached hydrogen (secondary N) is 1. The normalized spacial score (nSPS) is 17.4. The second-order valence-corrected chi connectivity index (χ2v) is 7.64. The van der Waals surface area contributed by atoms with Crippen molar-refractivity contribution in [2.75, 3.05) is 18.8 Å². The number of amides is 1. The highest BCUT2D eigenvalue weighted by Gasteiger charge is 2.29. The van der Waals surface area contributed by atoms with E-state index in [1.54, 1.807) is 25.1 Å². The zero-order chi connectivity index (χ0) is 16.2. The van der Waals surface area contributed by atoms with E-state index >= 15 is 0 Å². The number of carbonyl (C=O) groups excluding carboxylic acids is 1. The van der Waals surface area contributed by atoms with Crippen molar-refractivity contribution in [3.8, 4) is 0 Å². The van der Waals surface area contributed by atoms with Crippen LogP contribution in [-0.4, -0.2) is 37.5 Å². The average Bonchev–Trinajstić information content (AvgIpc) is 2.54. The lowest BCUT2D eigenvalue weighted by molar-refractivity contribution is -0.126. The summed E-state index contributed by atoms with van der Waals surface area (Å²) in [4.78, 5) is 12.1. The minimum atomic E-state index is -3.18. The molecule has 0 atom stereocenters. The number of hydrogen-bond acceptors (Lipinski definition) is 3. The molecule has 1 amide bonds. The Morgan fingerprint density at radius 2 is 1.95 bits per heavy atom. The Morgan fingerprint density at radius 1 is 1.32 bits per heavy atom. The molecule has 0 aromatic heterocycles. The number of hydrogen-bond donors (Lipinski definition) is 1. The fraction of sp³-hybridized carbons (Fsp3) is 0.533. The molecule has 1 N–H and O–H groups in total. The van der Waals surface area contributed by atoms with Crippen LogP contribution in [0.2, 0.25) is 0 Å². The molecule has 1 aromatic carbocycles. The highest BCUT2D eigenvalue weighted by Crippen LogP contribution is 2.20. The van der Waals surface area contributed by atoms with Crippen molar-refractivity contribution < 1.29 is 17.6 Å². The van der Waals surface area contributed by atoms with Gasteiger partial charge in [-0.15, -0.1) is 0 Å². The SMILES string of the molecule is CCS(=O)(=O)N1CCC(C(=O)NCc2ccccc2F)CC1. The van der Waals surface area contributed by atoms with Crippen molar-refractivity contribution >= 4 is 15.9 Å². The van der Waals surface area contributed by atoms with Gasteiger partial charge >= 0.3 is 0 Å². The molecule has 1 aliphatic heterocycles. The minimum absolute atomic E-state index is 0.0805. The summed E-state index contributed by atoms with van der Waals surface area (Å²) >= 11 is 0. The van der Waals surface area contributed by atoms with Crippen molar-refractivity contribution in [2.45, 2.75) is 26.3 Å². The number of carbonyl (C=O) groups is 1. The van der Waals surface area contributed by atoms with Crippen LogP contribution in [0.1, 0.15) is 25.3 Å². The Balaban J connectivity index is 1.84. The molecule has 1 heterocycles. The van der Waals surface area contributed by atoms with Crippen molar-refractivity contribution in [3.63, 3.8) is 0 Å². The first kappa shape index (κ1) is 16.9. The monoisotopic (exact) mass is 328 g/mol. The summed E-state index contributed by atoms with van der Waals surface area (Å²) in [5, 5.41) is 2.73. The highest BCUT2D eigenvalue weighted by molar-refractivity contribution is 7.89. The van der Waals surface area contributed by atoms with Gasteiger partial charge in [-0.25, -0.2) is 17.1 Å². The molecular weight excluding hydrogens is 307 g/mol. The molecule has 1 fully saturated rings. The topological polar surface area (TPSA) is 66.5 Å². The molecule has 1 aliphatic rings. The highest BCUT2D eigenvalue weighted by atomic mass is 32.2. The van der Waals surface area contributed by atoms with Crippen molar-refractivity contribution in [1.29, 1.82) is 0 Å². The summed E-state index contributed by atoms with van der Waals surface area (Å²) in [6, 6.07) is 6.31. The molecule has 7 heteroatoms. The van der Waals surface area contributed by atoms with E-state index < -0.39 is 10.0 Å². The summed E-state index contributed by atoms with van der Waals surface area (Å²) in [6.07, 6.45) is 1.00. The third kappa shape index (κ3) is 4.04. The van der Waals surface area contributed by atoms with E-state index in [9.17, 15) is 17.6 Å². The van der Waals surface area contributed by atoms with E-state index in [0.29, 0.717) is 31.5 Å². The Labute approximate surface area is 130 Å². The van der Waals surface area contributed by atoms with Gasteiger partial charge in [0.25, 0.3) is 0 Å². The summed E-state index contributed by atoms with van der Waals surface area (Å²) in [7, 11) is -3.18. The van der Waals surface area contributed by atoms with E-state index in [4.69, 9.17) is 0 Å². The van der Waals surface area contributed by atoms with Gasteiger partial charge in [0.1, 0.15) is 5.82 Å². The van der Waals surface area contributed by atoms with Crippen LogP contribution >= 0.6 is 0 Å². The van der Waals surface area contributed by atoms with E-state index in [0.717, 1.165) is 0 Å². The molecule has 122 valence electrons. The van der Waals surface area contributed by atoms with E-state index in [2.05, 4.69) is 5.32 Å². The molecule has 1 saturated heterocycles. The summed E-state index contributed by atoms with van der Waals surface area (Å²) in [5.74, 6) is -0.615. The largest absolute Gasteiger partial charge is 0.352 e.